The van der Waals surface area contributed by atoms with Crippen molar-refractivity contribution in [2.45, 2.75) is 219 Å². The molecule has 0 aliphatic rings. The van der Waals surface area contributed by atoms with Gasteiger partial charge in [-0.15, -0.1) is 0 Å². The summed E-state index contributed by atoms with van der Waals surface area (Å²) in [5.74, 6) is 0. The molecule has 0 unspecified atom stereocenters. The van der Waals surface area contributed by atoms with Crippen LogP contribution >= 0.6 is 15.9 Å². The Morgan fingerprint density at radius 2 is 0.750 bits per heavy atom. The summed E-state index contributed by atoms with van der Waals surface area (Å²) in [6, 6.07) is 13.4. The number of benzene rings is 1. The molecule has 2 aromatic rings. The smallest absolute Gasteiger partial charge is 0.0366 e. The maximum absolute atomic E-state index is 4.16. The van der Waals surface area contributed by atoms with Crippen LogP contribution in [0, 0.1) is 0 Å². The van der Waals surface area contributed by atoms with Gasteiger partial charge in [-0.2, -0.15) is 0 Å². The molecule has 0 spiro atoms. The highest BCUT2D eigenvalue weighted by Crippen LogP contribution is 2.26. The number of nitrogens with zero attached hydrogens (tertiary/aromatic N) is 2. The van der Waals surface area contributed by atoms with Crippen LogP contribution in [0.1, 0.15) is 230 Å². The number of hydrogen-bond donors (Lipinski definition) is 0. The molecule has 0 saturated carbocycles. The monoisotopic (exact) mass is 779 g/mol. The van der Waals surface area contributed by atoms with E-state index in [1.165, 1.54) is 230 Å². The van der Waals surface area contributed by atoms with E-state index in [2.05, 4.69) is 70.0 Å². The lowest BCUT2D eigenvalue weighted by Gasteiger charge is -2.25. The van der Waals surface area contributed by atoms with Gasteiger partial charge >= 0.3 is 0 Å². The Balaban J connectivity index is 1.63. The zero-order chi connectivity index (χ0) is 37.0. The molecule has 1 heterocycles. The minimum absolute atomic E-state index is 1.10. The van der Waals surface area contributed by atoms with Crippen molar-refractivity contribution in [2.75, 3.05) is 18.0 Å². The van der Waals surface area contributed by atoms with E-state index in [4.69, 9.17) is 0 Å². The second kappa shape index (κ2) is 35.1. The zero-order valence-electron chi connectivity index (χ0n) is 34.5. The topological polar surface area (TPSA) is 16.1 Å². The molecule has 0 saturated heterocycles. The molecule has 1 aromatic heterocycles. The summed E-state index contributed by atoms with van der Waals surface area (Å²) < 4.78 is 1.10. The summed E-state index contributed by atoms with van der Waals surface area (Å²) in [5.41, 5.74) is 3.78. The van der Waals surface area contributed by atoms with E-state index in [-0.39, 0.29) is 0 Å². The van der Waals surface area contributed by atoms with E-state index in [1.807, 2.05) is 24.5 Å². The van der Waals surface area contributed by atoms with Crippen molar-refractivity contribution >= 4 is 32.2 Å². The Labute approximate surface area is 333 Å². The van der Waals surface area contributed by atoms with Crippen LogP contribution in [0.25, 0.3) is 10.6 Å². The van der Waals surface area contributed by atoms with Crippen LogP contribution < -0.4 is 4.90 Å². The van der Waals surface area contributed by atoms with Crippen LogP contribution in [0.15, 0.2) is 48.8 Å². The molecular formula is C49H83BrN2. The molecule has 0 fully saturated rings. The van der Waals surface area contributed by atoms with Gasteiger partial charge in [0.25, 0.3) is 0 Å². The molecular weight excluding hydrogens is 696 g/mol. The second-order valence-electron chi connectivity index (χ2n) is 15.9. The van der Waals surface area contributed by atoms with Crippen molar-refractivity contribution in [1.82, 2.24) is 4.98 Å². The molecule has 0 atom stereocenters. The van der Waals surface area contributed by atoms with Crippen molar-refractivity contribution in [3.63, 3.8) is 0 Å². The summed E-state index contributed by atoms with van der Waals surface area (Å²) in [6.45, 7) is 6.99. The first kappa shape index (κ1) is 46.5. The van der Waals surface area contributed by atoms with Crippen LogP contribution in [0.3, 0.4) is 0 Å². The Hall–Kier alpha value is -1.61. The molecule has 52 heavy (non-hydrogen) atoms. The van der Waals surface area contributed by atoms with E-state index in [9.17, 15) is 0 Å². The van der Waals surface area contributed by atoms with Gasteiger partial charge in [0.1, 0.15) is 0 Å². The number of hydrogen-bond acceptors (Lipinski definition) is 2. The number of aromatic nitrogens is 1. The third-order valence-corrected chi connectivity index (χ3v) is 11.8. The fourth-order valence-electron chi connectivity index (χ4n) is 7.59. The maximum atomic E-state index is 4.16. The molecule has 2 rings (SSSR count). The van der Waals surface area contributed by atoms with Gasteiger partial charge in [0, 0.05) is 35.7 Å². The lowest BCUT2D eigenvalue weighted by atomic mass is 10.0. The third-order valence-electron chi connectivity index (χ3n) is 11.1. The second-order valence-corrected chi connectivity index (χ2v) is 16.8. The Morgan fingerprint density at radius 1 is 0.442 bits per heavy atom. The average Bonchev–Trinajstić information content (AvgIpc) is 3.17. The summed E-state index contributed by atoms with van der Waals surface area (Å²) in [6.07, 6.45) is 51.6. The Kier molecular flexibility index (Phi) is 31.4. The van der Waals surface area contributed by atoms with E-state index in [1.54, 1.807) is 0 Å². The normalized spacial score (nSPS) is 11.8. The van der Waals surface area contributed by atoms with Gasteiger partial charge in [-0.25, -0.2) is 0 Å². The first-order chi connectivity index (χ1) is 25.7. The van der Waals surface area contributed by atoms with Gasteiger partial charge in [0.05, 0.1) is 0 Å². The van der Waals surface area contributed by atoms with Crippen LogP contribution in [0.4, 0.5) is 5.69 Å². The van der Waals surface area contributed by atoms with Crippen molar-refractivity contribution < 1.29 is 0 Å². The standard InChI is InChI=1S/C49H83BrN2/c1-3-5-7-9-11-13-15-17-19-21-23-25-27-29-31-33-43-52(48-37-35-46(36-38-48)45-49(50)47-39-41-51-42-40-47)44-34-32-30-28-26-24-22-20-18-16-14-12-10-8-6-4-2/h35-42,45H,3-34,43-44H2,1-2H3. The molecule has 0 radical (unpaired) electrons. The quantitative estimate of drug-likeness (QED) is 0.0635. The largest absolute Gasteiger partial charge is 0.372 e. The van der Waals surface area contributed by atoms with Gasteiger partial charge in [-0.1, -0.05) is 235 Å². The Morgan fingerprint density at radius 3 is 1.08 bits per heavy atom. The fourth-order valence-corrected chi connectivity index (χ4v) is 8.12. The maximum Gasteiger partial charge on any atom is 0.0366 e. The molecule has 1 aromatic carbocycles. The van der Waals surface area contributed by atoms with E-state index in [0.29, 0.717) is 0 Å². The number of anilines is 1. The minimum Gasteiger partial charge on any atom is -0.372 e. The number of unbranched alkanes of at least 4 members (excludes halogenated alkanes) is 30. The molecule has 0 aliphatic carbocycles. The molecule has 3 heteroatoms. The summed E-state index contributed by atoms with van der Waals surface area (Å²) in [5, 5.41) is 0. The zero-order valence-corrected chi connectivity index (χ0v) is 36.1. The molecule has 2 nitrogen and oxygen atoms in total. The number of rotatable bonds is 37. The van der Waals surface area contributed by atoms with Crippen LogP contribution in [0.2, 0.25) is 0 Å². The van der Waals surface area contributed by atoms with E-state index >= 15 is 0 Å². The highest BCUT2D eigenvalue weighted by atomic mass is 79.9. The van der Waals surface area contributed by atoms with Gasteiger partial charge in [-0.3, -0.25) is 4.98 Å². The molecule has 0 aliphatic heterocycles. The molecule has 0 N–H and O–H groups in total. The summed E-state index contributed by atoms with van der Waals surface area (Å²) >= 11 is 3.77. The SMILES string of the molecule is CCCCCCCCCCCCCCCCCCN(CCCCCCCCCCCCCCCCCC)c1ccc(C=C(Br)c2ccncc2)cc1. The van der Waals surface area contributed by atoms with Crippen LogP contribution in [-0.2, 0) is 0 Å². The first-order valence-corrected chi connectivity index (χ1v) is 23.7. The summed E-state index contributed by atoms with van der Waals surface area (Å²) in [4.78, 5) is 6.84. The van der Waals surface area contributed by atoms with E-state index < -0.39 is 0 Å². The lowest BCUT2D eigenvalue weighted by molar-refractivity contribution is 0.524. The van der Waals surface area contributed by atoms with Crippen molar-refractivity contribution in [2.24, 2.45) is 0 Å². The van der Waals surface area contributed by atoms with Gasteiger partial charge in [0.2, 0.25) is 0 Å². The molecule has 0 amide bonds. The number of pyridine rings is 1. The number of halogens is 1. The third kappa shape index (κ3) is 26.2. The van der Waals surface area contributed by atoms with Crippen LogP contribution in [-0.4, -0.2) is 18.1 Å². The summed E-state index contributed by atoms with van der Waals surface area (Å²) in [7, 11) is 0. The predicted octanol–water partition coefficient (Wildman–Crippen LogP) is 17.3. The van der Waals surface area contributed by atoms with Gasteiger partial charge in [0.15, 0.2) is 0 Å². The first-order valence-electron chi connectivity index (χ1n) is 22.9. The van der Waals surface area contributed by atoms with Crippen LogP contribution in [0.5, 0.6) is 0 Å². The van der Waals surface area contributed by atoms with Gasteiger partial charge < -0.3 is 4.90 Å². The predicted molar refractivity (Wildman–Crippen MR) is 239 cm³/mol. The van der Waals surface area contributed by atoms with E-state index in [0.717, 1.165) is 10.0 Å². The molecule has 0 bridgehead atoms. The highest BCUT2D eigenvalue weighted by Gasteiger charge is 2.07. The van der Waals surface area contributed by atoms with Gasteiger partial charge in [-0.05, 0) is 54.3 Å². The van der Waals surface area contributed by atoms with Crippen molar-refractivity contribution in [3.8, 4) is 0 Å². The highest BCUT2D eigenvalue weighted by molar-refractivity contribution is 9.15. The average molecular weight is 780 g/mol. The van der Waals surface area contributed by atoms with Crippen molar-refractivity contribution in [3.05, 3.63) is 59.9 Å². The Bertz CT molecular complexity index is 1010. The van der Waals surface area contributed by atoms with Crippen molar-refractivity contribution in [1.29, 1.82) is 0 Å². The lowest BCUT2D eigenvalue weighted by Crippen LogP contribution is -2.25. The minimum atomic E-state index is 1.10. The molecule has 296 valence electrons. The fraction of sp³-hybridized carbons (Fsp3) is 0.735.